The summed E-state index contributed by atoms with van der Waals surface area (Å²) in [5.74, 6) is 0.872. The van der Waals surface area contributed by atoms with Crippen LogP contribution in [0.1, 0.15) is 13.3 Å². The third kappa shape index (κ3) is 6.47. The van der Waals surface area contributed by atoms with Crippen molar-refractivity contribution in [3.63, 3.8) is 0 Å². The van der Waals surface area contributed by atoms with Crippen LogP contribution in [0.5, 0.6) is 5.75 Å². The highest BCUT2D eigenvalue weighted by Gasteiger charge is 2.10. The number of hydrogen-bond acceptors (Lipinski definition) is 3. The van der Waals surface area contributed by atoms with Crippen LogP contribution < -0.4 is 10.5 Å². The lowest BCUT2D eigenvalue weighted by Gasteiger charge is -2.18. The number of benzene rings is 1. The maximum Gasteiger partial charge on any atom is 0.223 e. The minimum atomic E-state index is -0.0972. The van der Waals surface area contributed by atoms with Crippen molar-refractivity contribution < 1.29 is 9.53 Å². The highest BCUT2D eigenvalue weighted by atomic mass is 35.5. The Morgan fingerprint density at radius 1 is 1.39 bits per heavy atom. The molecular formula is C13H21ClN2O2. The van der Waals surface area contributed by atoms with E-state index >= 15 is 0 Å². The SMILES string of the molecule is CC(N)CC(=O)N(C)CCOc1ccccc1.Cl. The molecule has 0 spiro atoms. The Kier molecular flexibility index (Phi) is 8.16. The predicted molar refractivity (Wildman–Crippen MR) is 75.1 cm³/mol. The van der Waals surface area contributed by atoms with E-state index in [-0.39, 0.29) is 24.4 Å². The van der Waals surface area contributed by atoms with Crippen molar-refractivity contribution in [2.45, 2.75) is 19.4 Å². The molecule has 1 atom stereocenters. The van der Waals surface area contributed by atoms with E-state index in [1.54, 1.807) is 11.9 Å². The van der Waals surface area contributed by atoms with Gasteiger partial charge in [-0.3, -0.25) is 4.79 Å². The van der Waals surface area contributed by atoms with E-state index in [4.69, 9.17) is 10.5 Å². The van der Waals surface area contributed by atoms with Gasteiger partial charge in [-0.25, -0.2) is 0 Å². The number of nitrogens with zero attached hydrogens (tertiary/aromatic N) is 1. The third-order valence-electron chi connectivity index (χ3n) is 2.36. The van der Waals surface area contributed by atoms with E-state index in [9.17, 15) is 4.79 Å². The fourth-order valence-electron chi connectivity index (χ4n) is 1.37. The van der Waals surface area contributed by atoms with Crippen LogP contribution in [0, 0.1) is 0 Å². The standard InChI is InChI=1S/C13H20N2O2.ClH/c1-11(14)10-13(16)15(2)8-9-17-12-6-4-3-5-7-12;/h3-7,11H,8-10,14H2,1-2H3;1H. The minimum Gasteiger partial charge on any atom is -0.492 e. The number of amides is 1. The van der Waals surface area contributed by atoms with Crippen LogP contribution in [0.15, 0.2) is 30.3 Å². The molecule has 0 saturated carbocycles. The first-order valence-electron chi connectivity index (χ1n) is 5.77. The molecule has 0 fully saturated rings. The van der Waals surface area contributed by atoms with Gasteiger partial charge in [0.2, 0.25) is 5.91 Å². The second-order valence-electron chi connectivity index (χ2n) is 4.16. The van der Waals surface area contributed by atoms with Crippen molar-refractivity contribution in [2.75, 3.05) is 20.2 Å². The molecular weight excluding hydrogens is 252 g/mol. The smallest absolute Gasteiger partial charge is 0.223 e. The van der Waals surface area contributed by atoms with E-state index in [2.05, 4.69) is 0 Å². The lowest BCUT2D eigenvalue weighted by atomic mass is 10.2. The van der Waals surface area contributed by atoms with Crippen molar-refractivity contribution in [1.29, 1.82) is 0 Å². The number of halogens is 1. The molecule has 0 heterocycles. The lowest BCUT2D eigenvalue weighted by Crippen LogP contribution is -2.34. The second kappa shape index (κ2) is 8.78. The maximum absolute atomic E-state index is 11.6. The Morgan fingerprint density at radius 2 is 2.00 bits per heavy atom. The van der Waals surface area contributed by atoms with Crippen molar-refractivity contribution in [3.05, 3.63) is 30.3 Å². The molecule has 102 valence electrons. The van der Waals surface area contributed by atoms with Gasteiger partial charge in [-0.15, -0.1) is 12.4 Å². The Bertz CT molecular complexity index is 344. The molecule has 5 heteroatoms. The van der Waals surface area contributed by atoms with E-state index in [0.29, 0.717) is 19.6 Å². The number of ether oxygens (including phenoxy) is 1. The number of hydrogen-bond donors (Lipinski definition) is 1. The molecule has 0 saturated heterocycles. The fourth-order valence-corrected chi connectivity index (χ4v) is 1.37. The lowest BCUT2D eigenvalue weighted by molar-refractivity contribution is -0.130. The Labute approximate surface area is 115 Å². The Balaban J connectivity index is 0.00000289. The molecule has 2 N–H and O–H groups in total. The quantitative estimate of drug-likeness (QED) is 0.857. The monoisotopic (exact) mass is 272 g/mol. The van der Waals surface area contributed by atoms with Crippen LogP contribution in [0.3, 0.4) is 0 Å². The second-order valence-corrected chi connectivity index (χ2v) is 4.16. The van der Waals surface area contributed by atoms with Gasteiger partial charge >= 0.3 is 0 Å². The summed E-state index contributed by atoms with van der Waals surface area (Å²) in [5.41, 5.74) is 5.57. The molecule has 1 aromatic carbocycles. The van der Waals surface area contributed by atoms with Crippen LogP contribution >= 0.6 is 12.4 Å². The van der Waals surface area contributed by atoms with Gasteiger partial charge in [-0.1, -0.05) is 18.2 Å². The predicted octanol–water partition coefficient (Wildman–Crippen LogP) is 1.68. The molecule has 0 bridgehead atoms. The van der Waals surface area contributed by atoms with Crippen LogP contribution in [-0.4, -0.2) is 37.0 Å². The molecule has 0 aromatic heterocycles. The van der Waals surface area contributed by atoms with Crippen LogP contribution in [0.2, 0.25) is 0 Å². The molecule has 1 unspecified atom stereocenters. The first-order valence-corrected chi connectivity index (χ1v) is 5.77. The van der Waals surface area contributed by atoms with Crippen molar-refractivity contribution in [1.82, 2.24) is 4.90 Å². The minimum absolute atomic E-state index is 0. The van der Waals surface area contributed by atoms with Gasteiger partial charge in [-0.2, -0.15) is 0 Å². The summed E-state index contributed by atoms with van der Waals surface area (Å²) >= 11 is 0. The summed E-state index contributed by atoms with van der Waals surface area (Å²) in [6.07, 6.45) is 0.377. The van der Waals surface area contributed by atoms with Crippen molar-refractivity contribution in [2.24, 2.45) is 5.73 Å². The van der Waals surface area contributed by atoms with Gasteiger partial charge < -0.3 is 15.4 Å². The summed E-state index contributed by atoms with van der Waals surface area (Å²) < 4.78 is 5.51. The molecule has 1 rings (SSSR count). The number of nitrogens with two attached hydrogens (primary N) is 1. The van der Waals surface area contributed by atoms with Gasteiger partial charge in [0.1, 0.15) is 12.4 Å². The average Bonchev–Trinajstić information content (AvgIpc) is 2.29. The fraction of sp³-hybridized carbons (Fsp3) is 0.462. The zero-order valence-corrected chi connectivity index (χ0v) is 11.7. The summed E-state index contributed by atoms with van der Waals surface area (Å²) in [7, 11) is 1.76. The van der Waals surface area contributed by atoms with E-state index in [1.165, 1.54) is 0 Å². The first kappa shape index (κ1) is 16.7. The maximum atomic E-state index is 11.6. The zero-order valence-electron chi connectivity index (χ0n) is 10.8. The molecule has 0 aliphatic heterocycles. The van der Waals surface area contributed by atoms with Gasteiger partial charge in [0, 0.05) is 19.5 Å². The Hall–Kier alpha value is -1.26. The molecule has 0 aliphatic carbocycles. The average molecular weight is 273 g/mol. The summed E-state index contributed by atoms with van der Waals surface area (Å²) in [6, 6.07) is 9.46. The normalized spacial score (nSPS) is 11.3. The van der Waals surface area contributed by atoms with E-state index < -0.39 is 0 Å². The van der Waals surface area contributed by atoms with Crippen LogP contribution in [0.4, 0.5) is 0 Å². The topological polar surface area (TPSA) is 55.6 Å². The van der Waals surface area contributed by atoms with Gasteiger partial charge in [0.05, 0.1) is 6.54 Å². The molecule has 18 heavy (non-hydrogen) atoms. The molecule has 0 aliphatic rings. The Morgan fingerprint density at radius 3 is 2.56 bits per heavy atom. The van der Waals surface area contributed by atoms with Crippen molar-refractivity contribution in [3.8, 4) is 5.75 Å². The number of rotatable bonds is 6. The van der Waals surface area contributed by atoms with Crippen molar-refractivity contribution >= 4 is 18.3 Å². The van der Waals surface area contributed by atoms with E-state index in [1.807, 2.05) is 37.3 Å². The van der Waals surface area contributed by atoms with Gasteiger partial charge in [-0.05, 0) is 19.1 Å². The molecule has 1 amide bonds. The molecule has 0 radical (unpaired) electrons. The highest BCUT2D eigenvalue weighted by Crippen LogP contribution is 2.07. The number of carbonyl (C=O) groups is 1. The van der Waals surface area contributed by atoms with Crippen LogP contribution in [-0.2, 0) is 4.79 Å². The van der Waals surface area contributed by atoms with Gasteiger partial charge in [0.25, 0.3) is 0 Å². The zero-order chi connectivity index (χ0) is 12.7. The summed E-state index contributed by atoms with van der Waals surface area (Å²) in [6.45, 7) is 2.89. The number of para-hydroxylation sites is 1. The largest absolute Gasteiger partial charge is 0.492 e. The van der Waals surface area contributed by atoms with Crippen LogP contribution in [0.25, 0.3) is 0 Å². The first-order chi connectivity index (χ1) is 8.09. The third-order valence-corrected chi connectivity index (χ3v) is 2.36. The van der Waals surface area contributed by atoms with E-state index in [0.717, 1.165) is 5.75 Å². The summed E-state index contributed by atoms with van der Waals surface area (Å²) in [5, 5.41) is 0. The van der Waals surface area contributed by atoms with Gasteiger partial charge in [0.15, 0.2) is 0 Å². The highest BCUT2D eigenvalue weighted by molar-refractivity contribution is 5.85. The molecule has 4 nitrogen and oxygen atoms in total. The summed E-state index contributed by atoms with van der Waals surface area (Å²) in [4.78, 5) is 13.2. The number of carbonyl (C=O) groups excluding carboxylic acids is 1. The number of likely N-dealkylation sites (N-methyl/N-ethyl adjacent to an activating group) is 1. The molecule has 1 aromatic rings.